The van der Waals surface area contributed by atoms with E-state index in [0.717, 1.165) is 9.35 Å². The van der Waals surface area contributed by atoms with E-state index >= 15 is 0 Å². The lowest BCUT2D eigenvalue weighted by Crippen LogP contribution is -2.31. The highest BCUT2D eigenvalue weighted by atomic mass is 79.9. The molecule has 0 bridgehead atoms. The van der Waals surface area contributed by atoms with Crippen molar-refractivity contribution in [2.24, 2.45) is 0 Å². The number of benzene rings is 1. The van der Waals surface area contributed by atoms with E-state index in [2.05, 4.69) is 31.4 Å². The second-order valence-corrected chi connectivity index (χ2v) is 7.11. The number of nitrogens with one attached hydrogen (secondary N) is 1. The van der Waals surface area contributed by atoms with Crippen molar-refractivity contribution in [1.29, 1.82) is 0 Å². The molecule has 1 unspecified atom stereocenters. The van der Waals surface area contributed by atoms with Gasteiger partial charge in [-0.1, -0.05) is 22.0 Å². The van der Waals surface area contributed by atoms with Crippen molar-refractivity contribution in [3.05, 3.63) is 57.7 Å². The van der Waals surface area contributed by atoms with Crippen LogP contribution in [0.15, 0.2) is 50.7 Å². The van der Waals surface area contributed by atoms with Crippen LogP contribution in [-0.2, 0) is 9.53 Å². The topological polar surface area (TPSA) is 94.3 Å². The van der Waals surface area contributed by atoms with Gasteiger partial charge in [-0.2, -0.15) is 0 Å². The normalized spacial score (nSPS) is 11.8. The first-order valence-electron chi connectivity index (χ1n) is 7.63. The molecule has 3 rings (SSSR count). The third kappa shape index (κ3) is 4.55. The maximum Gasteiger partial charge on any atom is 0.326 e. The van der Waals surface area contributed by atoms with Gasteiger partial charge in [-0.05, 0) is 42.6 Å². The summed E-state index contributed by atoms with van der Waals surface area (Å²) in [6.07, 6.45) is -0.715. The average molecular weight is 436 g/mol. The zero-order valence-corrected chi connectivity index (χ0v) is 16.0. The summed E-state index contributed by atoms with van der Waals surface area (Å²) < 4.78 is 11.6. The summed E-state index contributed by atoms with van der Waals surface area (Å²) in [5.41, 5.74) is 0.450. The number of hydrogen-bond donors (Lipinski definition) is 1. The fraction of sp³-hybridized carbons (Fsp3) is 0.176. The maximum atomic E-state index is 12.0. The summed E-state index contributed by atoms with van der Waals surface area (Å²) in [5.74, 6) is -0.388. The van der Waals surface area contributed by atoms with Crippen LogP contribution in [0.5, 0.6) is 0 Å². The first-order chi connectivity index (χ1) is 12.5. The van der Waals surface area contributed by atoms with Crippen molar-refractivity contribution in [2.45, 2.75) is 13.0 Å². The number of halogens is 1. The fourth-order valence-electron chi connectivity index (χ4n) is 2.04. The number of carbonyl (C=O) groups excluding carboxylic acids is 2. The lowest BCUT2D eigenvalue weighted by Gasteiger charge is -2.10. The largest absolute Gasteiger partial charge is 0.451 e. The molecule has 0 aliphatic rings. The Bertz CT molecular complexity index is 893. The van der Waals surface area contributed by atoms with Gasteiger partial charge in [0.05, 0.1) is 4.88 Å². The number of hydrogen-bond acceptors (Lipinski definition) is 7. The van der Waals surface area contributed by atoms with Gasteiger partial charge in [-0.25, -0.2) is 0 Å². The number of esters is 1. The number of ether oxygens (including phenoxy) is 1. The molecule has 1 aromatic carbocycles. The number of amides is 1. The molecular formula is C17H14BrN3O4S. The quantitative estimate of drug-likeness (QED) is 0.594. The van der Waals surface area contributed by atoms with E-state index in [1.165, 1.54) is 11.3 Å². The molecule has 2 heterocycles. The summed E-state index contributed by atoms with van der Waals surface area (Å²) in [5, 5.41) is 12.2. The molecule has 3 aromatic rings. The predicted molar refractivity (Wildman–Crippen MR) is 98.6 cm³/mol. The Balaban J connectivity index is 1.51. The Morgan fingerprint density at radius 2 is 2.04 bits per heavy atom. The Labute approximate surface area is 161 Å². The van der Waals surface area contributed by atoms with Crippen LogP contribution in [0.4, 0.5) is 0 Å². The molecule has 26 heavy (non-hydrogen) atoms. The molecule has 134 valence electrons. The van der Waals surface area contributed by atoms with Gasteiger partial charge in [0.2, 0.25) is 0 Å². The molecule has 9 heteroatoms. The molecule has 1 amide bonds. The summed E-state index contributed by atoms with van der Waals surface area (Å²) >= 11 is 4.77. The molecule has 0 saturated heterocycles. The molecule has 0 spiro atoms. The van der Waals surface area contributed by atoms with Crippen molar-refractivity contribution >= 4 is 39.1 Å². The monoisotopic (exact) mass is 435 g/mol. The van der Waals surface area contributed by atoms with E-state index in [1.54, 1.807) is 31.2 Å². The van der Waals surface area contributed by atoms with E-state index in [9.17, 15) is 9.59 Å². The van der Waals surface area contributed by atoms with E-state index in [4.69, 9.17) is 9.15 Å². The van der Waals surface area contributed by atoms with Crippen molar-refractivity contribution in [3.8, 4) is 10.8 Å². The molecular weight excluding hydrogens is 422 g/mol. The van der Waals surface area contributed by atoms with Crippen LogP contribution in [0.3, 0.4) is 0 Å². The zero-order valence-electron chi connectivity index (χ0n) is 13.6. The number of aromatic nitrogens is 2. The first-order valence-corrected chi connectivity index (χ1v) is 9.30. The minimum absolute atomic E-state index is 0.195. The third-order valence-corrected chi connectivity index (χ3v) is 4.71. The number of carbonyl (C=O) groups is 2. The zero-order chi connectivity index (χ0) is 18.5. The van der Waals surface area contributed by atoms with Gasteiger partial charge in [-0.15, -0.1) is 21.5 Å². The predicted octanol–water partition coefficient (Wildman–Crippen LogP) is 3.59. The molecule has 2 aromatic heterocycles. The van der Waals surface area contributed by atoms with E-state index in [1.807, 2.05) is 17.5 Å². The summed E-state index contributed by atoms with van der Waals surface area (Å²) in [4.78, 5) is 24.7. The lowest BCUT2D eigenvalue weighted by molar-refractivity contribution is -0.148. The standard InChI is InChI=1S/C17H14BrN3O4S/c1-10(16-20-21-17(25-16)13-3-2-8-26-13)24-14(22)9-19-15(23)11-4-6-12(18)7-5-11/h2-8,10H,9H2,1H3,(H,19,23). The second kappa shape index (κ2) is 8.24. The first kappa shape index (κ1) is 18.3. The van der Waals surface area contributed by atoms with Crippen LogP contribution < -0.4 is 5.32 Å². The van der Waals surface area contributed by atoms with Crippen LogP contribution in [-0.4, -0.2) is 28.6 Å². The van der Waals surface area contributed by atoms with Crippen LogP contribution in [0.2, 0.25) is 0 Å². The highest BCUT2D eigenvalue weighted by Crippen LogP contribution is 2.25. The van der Waals surface area contributed by atoms with Crippen LogP contribution in [0.1, 0.15) is 29.3 Å². The SMILES string of the molecule is CC(OC(=O)CNC(=O)c1ccc(Br)cc1)c1nnc(-c2cccs2)o1. The van der Waals surface area contributed by atoms with Crippen LogP contribution in [0.25, 0.3) is 10.8 Å². The van der Waals surface area contributed by atoms with Gasteiger partial charge in [0, 0.05) is 10.0 Å². The molecule has 0 aliphatic carbocycles. The van der Waals surface area contributed by atoms with Crippen molar-refractivity contribution in [1.82, 2.24) is 15.5 Å². The Kier molecular flexibility index (Phi) is 5.79. The highest BCUT2D eigenvalue weighted by Gasteiger charge is 2.19. The van der Waals surface area contributed by atoms with Gasteiger partial charge in [0.1, 0.15) is 6.54 Å². The summed E-state index contributed by atoms with van der Waals surface area (Å²) in [6.45, 7) is 1.37. The summed E-state index contributed by atoms with van der Waals surface area (Å²) in [6, 6.07) is 10.5. The minimum Gasteiger partial charge on any atom is -0.451 e. The van der Waals surface area contributed by atoms with Crippen LogP contribution >= 0.6 is 27.3 Å². The summed E-state index contributed by atoms with van der Waals surface area (Å²) in [7, 11) is 0. The molecule has 0 aliphatic heterocycles. The van der Waals surface area contributed by atoms with Crippen molar-refractivity contribution in [2.75, 3.05) is 6.54 Å². The number of thiophene rings is 1. The Morgan fingerprint density at radius 3 is 2.73 bits per heavy atom. The van der Waals surface area contributed by atoms with Crippen molar-refractivity contribution < 1.29 is 18.7 Å². The number of rotatable bonds is 6. The van der Waals surface area contributed by atoms with Gasteiger partial charge in [0.25, 0.3) is 17.7 Å². The molecule has 0 saturated carbocycles. The average Bonchev–Trinajstić information content (AvgIpc) is 3.31. The molecule has 1 N–H and O–H groups in total. The lowest BCUT2D eigenvalue weighted by atomic mass is 10.2. The Hall–Kier alpha value is -2.52. The van der Waals surface area contributed by atoms with Gasteiger partial charge < -0.3 is 14.5 Å². The van der Waals surface area contributed by atoms with E-state index in [-0.39, 0.29) is 18.3 Å². The molecule has 1 atom stereocenters. The molecule has 0 fully saturated rings. The number of nitrogens with zero attached hydrogens (tertiary/aromatic N) is 2. The Morgan fingerprint density at radius 1 is 1.27 bits per heavy atom. The highest BCUT2D eigenvalue weighted by molar-refractivity contribution is 9.10. The minimum atomic E-state index is -0.715. The third-order valence-electron chi connectivity index (χ3n) is 3.33. The fourth-order valence-corrected chi connectivity index (χ4v) is 2.95. The van der Waals surface area contributed by atoms with Gasteiger partial charge in [0.15, 0.2) is 6.10 Å². The second-order valence-electron chi connectivity index (χ2n) is 5.24. The van der Waals surface area contributed by atoms with Crippen LogP contribution in [0, 0.1) is 0 Å². The molecule has 0 radical (unpaired) electrons. The van der Waals surface area contributed by atoms with Crippen molar-refractivity contribution in [3.63, 3.8) is 0 Å². The van der Waals surface area contributed by atoms with Gasteiger partial charge >= 0.3 is 5.97 Å². The van der Waals surface area contributed by atoms with E-state index < -0.39 is 12.1 Å². The maximum absolute atomic E-state index is 12.0. The smallest absolute Gasteiger partial charge is 0.326 e. The molecule has 7 nitrogen and oxygen atoms in total. The van der Waals surface area contributed by atoms with E-state index in [0.29, 0.717) is 11.5 Å². The van der Waals surface area contributed by atoms with Gasteiger partial charge in [-0.3, -0.25) is 9.59 Å².